The minimum Gasteiger partial charge on any atom is -0.489 e. The maximum Gasteiger partial charge on any atom is 0.494 e. The third-order valence-electron chi connectivity index (χ3n) is 6.45. The van der Waals surface area contributed by atoms with Gasteiger partial charge in [-0.25, -0.2) is 0 Å². The van der Waals surface area contributed by atoms with Crippen LogP contribution in [-0.4, -0.2) is 34.4 Å². The number of hydrogen-bond acceptors (Lipinski definition) is 5. The van der Waals surface area contributed by atoms with Crippen LogP contribution in [0.3, 0.4) is 0 Å². The van der Waals surface area contributed by atoms with Gasteiger partial charge in [0.1, 0.15) is 12.4 Å². The lowest BCUT2D eigenvalue weighted by Crippen LogP contribution is -2.41. The average Bonchev–Trinajstić information content (AvgIpc) is 3.04. The SMILES string of the molecule is CC1(C)OB(c2cc(C=Cc3ccncc3)cc(COc3ccccc3CC(=O)O)c2)OC1(C)C. The standard InChI is InChI=1S/C28H30BNO5/c1-27(2)28(3,4)35-29(34-27)24-16-21(10-9-20-11-13-30-14-12-20)15-22(17-24)19-33-25-8-6-5-7-23(25)18-26(31)32/h5-17H,18-19H2,1-4H3,(H,31,32). The van der Waals surface area contributed by atoms with Gasteiger partial charge >= 0.3 is 13.1 Å². The van der Waals surface area contributed by atoms with Crippen LogP contribution in [0.5, 0.6) is 5.75 Å². The summed E-state index contributed by atoms with van der Waals surface area (Å²) in [6.07, 6.45) is 7.48. The van der Waals surface area contributed by atoms with Gasteiger partial charge in [-0.05, 0) is 74.1 Å². The number of carbonyl (C=O) groups is 1. The number of hydrogen-bond donors (Lipinski definition) is 1. The fraction of sp³-hybridized carbons (Fsp3) is 0.286. The second-order valence-corrected chi connectivity index (χ2v) is 9.68. The van der Waals surface area contributed by atoms with Gasteiger partial charge in [0.05, 0.1) is 17.6 Å². The van der Waals surface area contributed by atoms with Crippen molar-refractivity contribution in [3.8, 4) is 5.75 Å². The normalized spacial score (nSPS) is 16.5. The van der Waals surface area contributed by atoms with Crippen molar-refractivity contribution in [1.29, 1.82) is 0 Å². The quantitative estimate of drug-likeness (QED) is 0.478. The molecule has 2 aromatic carbocycles. The summed E-state index contributed by atoms with van der Waals surface area (Å²) < 4.78 is 18.6. The number of aliphatic carboxylic acids is 1. The fourth-order valence-electron chi connectivity index (χ4n) is 3.82. The Labute approximate surface area is 206 Å². The molecule has 1 N–H and O–H groups in total. The van der Waals surface area contributed by atoms with Gasteiger partial charge in [-0.3, -0.25) is 9.78 Å². The number of ether oxygens (including phenoxy) is 1. The molecule has 1 aromatic heterocycles. The molecule has 0 aliphatic carbocycles. The lowest BCUT2D eigenvalue weighted by Gasteiger charge is -2.32. The molecule has 180 valence electrons. The Hall–Kier alpha value is -3.42. The molecular formula is C28H30BNO5. The summed E-state index contributed by atoms with van der Waals surface area (Å²) in [6, 6.07) is 17.2. The molecule has 4 rings (SSSR count). The molecule has 7 heteroatoms. The van der Waals surface area contributed by atoms with E-state index >= 15 is 0 Å². The third-order valence-corrected chi connectivity index (χ3v) is 6.45. The second kappa shape index (κ2) is 10.1. The summed E-state index contributed by atoms with van der Waals surface area (Å²) in [5.41, 5.74) is 3.59. The molecule has 0 bridgehead atoms. The van der Waals surface area contributed by atoms with Crippen molar-refractivity contribution < 1.29 is 23.9 Å². The highest BCUT2D eigenvalue weighted by molar-refractivity contribution is 6.62. The number of carboxylic acids is 1. The minimum absolute atomic E-state index is 0.0932. The third kappa shape index (κ3) is 5.99. The summed E-state index contributed by atoms with van der Waals surface area (Å²) in [5.74, 6) is -0.336. The molecular weight excluding hydrogens is 441 g/mol. The molecule has 1 aliphatic heterocycles. The summed E-state index contributed by atoms with van der Waals surface area (Å²) in [5, 5.41) is 9.21. The molecule has 0 amide bonds. The number of aromatic nitrogens is 1. The highest BCUT2D eigenvalue weighted by Crippen LogP contribution is 2.36. The first-order valence-corrected chi connectivity index (χ1v) is 11.6. The first-order valence-electron chi connectivity index (χ1n) is 11.6. The molecule has 2 heterocycles. The highest BCUT2D eigenvalue weighted by Gasteiger charge is 2.51. The van der Waals surface area contributed by atoms with Gasteiger partial charge in [0, 0.05) is 18.0 Å². The van der Waals surface area contributed by atoms with Gasteiger partial charge < -0.3 is 19.2 Å². The van der Waals surface area contributed by atoms with Crippen molar-refractivity contribution >= 4 is 30.7 Å². The van der Waals surface area contributed by atoms with E-state index in [1.807, 2.05) is 76.2 Å². The van der Waals surface area contributed by atoms with Gasteiger partial charge in [0.25, 0.3) is 0 Å². The second-order valence-electron chi connectivity index (χ2n) is 9.68. The summed E-state index contributed by atoms with van der Waals surface area (Å²) in [6.45, 7) is 8.40. The van der Waals surface area contributed by atoms with E-state index in [1.165, 1.54) is 0 Å². The summed E-state index contributed by atoms with van der Waals surface area (Å²) >= 11 is 0. The van der Waals surface area contributed by atoms with Crippen LogP contribution in [0.1, 0.15) is 49.9 Å². The summed E-state index contributed by atoms with van der Waals surface area (Å²) in [4.78, 5) is 15.3. The van der Waals surface area contributed by atoms with E-state index in [-0.39, 0.29) is 13.0 Å². The molecule has 6 nitrogen and oxygen atoms in total. The fourth-order valence-corrected chi connectivity index (χ4v) is 3.82. The molecule has 3 aromatic rings. The minimum atomic E-state index is -0.896. The number of benzene rings is 2. The first kappa shape index (κ1) is 24.7. The van der Waals surface area contributed by atoms with Crippen LogP contribution in [0.4, 0.5) is 0 Å². The number of pyridine rings is 1. The van der Waals surface area contributed by atoms with Crippen LogP contribution in [0.25, 0.3) is 12.2 Å². The Kier molecular flexibility index (Phi) is 7.10. The first-order chi connectivity index (χ1) is 16.6. The maximum absolute atomic E-state index is 11.2. The Morgan fingerprint density at radius 2 is 1.63 bits per heavy atom. The Morgan fingerprint density at radius 3 is 2.31 bits per heavy atom. The van der Waals surface area contributed by atoms with Gasteiger partial charge in [0.15, 0.2) is 0 Å². The van der Waals surface area contributed by atoms with Crippen molar-refractivity contribution in [3.63, 3.8) is 0 Å². The molecule has 35 heavy (non-hydrogen) atoms. The monoisotopic (exact) mass is 471 g/mol. The molecule has 0 spiro atoms. The highest BCUT2D eigenvalue weighted by atomic mass is 16.7. The largest absolute Gasteiger partial charge is 0.494 e. The topological polar surface area (TPSA) is 77.9 Å². The van der Waals surface area contributed by atoms with E-state index in [4.69, 9.17) is 14.0 Å². The molecule has 0 saturated carbocycles. The van der Waals surface area contributed by atoms with Crippen molar-refractivity contribution in [2.45, 2.75) is 51.9 Å². The van der Waals surface area contributed by atoms with Crippen molar-refractivity contribution in [2.24, 2.45) is 0 Å². The number of carboxylic acid groups (broad SMARTS) is 1. The van der Waals surface area contributed by atoms with E-state index < -0.39 is 24.3 Å². The van der Waals surface area contributed by atoms with Crippen LogP contribution >= 0.6 is 0 Å². The van der Waals surface area contributed by atoms with Gasteiger partial charge in [-0.15, -0.1) is 0 Å². The molecule has 0 unspecified atom stereocenters. The number of nitrogens with zero attached hydrogens (tertiary/aromatic N) is 1. The lowest BCUT2D eigenvalue weighted by molar-refractivity contribution is -0.136. The van der Waals surface area contributed by atoms with E-state index in [9.17, 15) is 9.90 Å². The zero-order chi connectivity index (χ0) is 25.1. The van der Waals surface area contributed by atoms with Crippen molar-refractivity contribution in [3.05, 3.63) is 89.2 Å². The van der Waals surface area contributed by atoms with E-state index in [0.717, 1.165) is 22.2 Å². The Balaban J connectivity index is 1.63. The van der Waals surface area contributed by atoms with E-state index in [2.05, 4.69) is 11.1 Å². The van der Waals surface area contributed by atoms with Gasteiger partial charge in [0.2, 0.25) is 0 Å². The predicted molar refractivity (Wildman–Crippen MR) is 137 cm³/mol. The Morgan fingerprint density at radius 1 is 0.971 bits per heavy atom. The van der Waals surface area contributed by atoms with E-state index in [1.54, 1.807) is 24.5 Å². The number of para-hydroxylation sites is 1. The summed E-state index contributed by atoms with van der Waals surface area (Å²) in [7, 11) is -0.507. The van der Waals surface area contributed by atoms with Gasteiger partial charge in [-0.1, -0.05) is 42.5 Å². The van der Waals surface area contributed by atoms with Crippen molar-refractivity contribution in [1.82, 2.24) is 4.98 Å². The van der Waals surface area contributed by atoms with Gasteiger partial charge in [-0.2, -0.15) is 0 Å². The zero-order valence-corrected chi connectivity index (χ0v) is 20.5. The predicted octanol–water partition coefficient (Wildman–Crippen LogP) is 4.76. The lowest BCUT2D eigenvalue weighted by atomic mass is 9.77. The van der Waals surface area contributed by atoms with Crippen LogP contribution in [0.15, 0.2) is 67.0 Å². The van der Waals surface area contributed by atoms with Crippen LogP contribution < -0.4 is 10.2 Å². The number of rotatable bonds is 8. The molecule has 1 saturated heterocycles. The van der Waals surface area contributed by atoms with E-state index in [0.29, 0.717) is 11.3 Å². The Bertz CT molecular complexity index is 1210. The van der Waals surface area contributed by atoms with Crippen LogP contribution in [-0.2, 0) is 27.1 Å². The average molecular weight is 471 g/mol. The zero-order valence-electron chi connectivity index (χ0n) is 20.5. The molecule has 1 aliphatic rings. The molecule has 0 radical (unpaired) electrons. The maximum atomic E-state index is 11.2. The smallest absolute Gasteiger partial charge is 0.489 e. The molecule has 1 fully saturated rings. The molecule has 0 atom stereocenters. The van der Waals surface area contributed by atoms with Crippen LogP contribution in [0.2, 0.25) is 0 Å². The van der Waals surface area contributed by atoms with Crippen molar-refractivity contribution in [2.75, 3.05) is 0 Å². The van der Waals surface area contributed by atoms with Crippen LogP contribution in [0, 0.1) is 0 Å².